The minimum atomic E-state index is -0.180. The zero-order chi connectivity index (χ0) is 15.6. The first-order chi connectivity index (χ1) is 9.83. The van der Waals surface area contributed by atoms with Crippen LogP contribution in [-0.2, 0) is 6.54 Å². The summed E-state index contributed by atoms with van der Waals surface area (Å²) in [4.78, 5) is 2.16. The first-order valence-corrected chi connectivity index (χ1v) is 7.73. The lowest BCUT2D eigenvalue weighted by Crippen LogP contribution is -2.38. The van der Waals surface area contributed by atoms with Crippen molar-refractivity contribution in [3.8, 4) is 0 Å². The van der Waals surface area contributed by atoms with Gasteiger partial charge in [0.05, 0.1) is 12.6 Å². The monoisotopic (exact) mass is 294 g/mol. The second-order valence-corrected chi connectivity index (χ2v) is 7.05. The normalized spacial score (nSPS) is 22.9. The van der Waals surface area contributed by atoms with E-state index in [0.717, 1.165) is 18.7 Å². The van der Waals surface area contributed by atoms with E-state index in [4.69, 9.17) is 0 Å². The molecule has 0 bridgehead atoms. The van der Waals surface area contributed by atoms with Crippen LogP contribution in [0.3, 0.4) is 0 Å². The molecule has 2 atom stereocenters. The summed E-state index contributed by atoms with van der Waals surface area (Å²) in [6.45, 7) is 9.84. The molecule has 0 saturated carbocycles. The smallest absolute Gasteiger partial charge is 0.129 e. The second kappa shape index (κ2) is 6.32. The predicted octanol–water partition coefficient (Wildman–Crippen LogP) is 2.92. The fourth-order valence-electron chi connectivity index (χ4n) is 2.93. The van der Waals surface area contributed by atoms with Gasteiger partial charge in [0.1, 0.15) is 5.82 Å². The summed E-state index contributed by atoms with van der Waals surface area (Å²) in [5, 5.41) is 13.0. The van der Waals surface area contributed by atoms with Crippen molar-refractivity contribution in [2.24, 2.45) is 5.92 Å². The average molecular weight is 294 g/mol. The lowest BCUT2D eigenvalue weighted by molar-refractivity contribution is 0.244. The largest absolute Gasteiger partial charge is 0.394 e. The molecular formula is C17H27FN2O. The molecule has 2 N–H and O–H groups in total. The second-order valence-electron chi connectivity index (χ2n) is 7.05. The summed E-state index contributed by atoms with van der Waals surface area (Å²) >= 11 is 0. The maximum Gasteiger partial charge on any atom is 0.129 e. The number of benzene rings is 1. The number of hydrogen-bond donors (Lipinski definition) is 2. The van der Waals surface area contributed by atoms with Crippen LogP contribution < -0.4 is 10.2 Å². The van der Waals surface area contributed by atoms with E-state index in [2.05, 4.69) is 37.9 Å². The number of rotatable bonds is 4. The number of hydrogen-bond acceptors (Lipinski definition) is 3. The quantitative estimate of drug-likeness (QED) is 0.896. The van der Waals surface area contributed by atoms with Gasteiger partial charge in [-0.15, -0.1) is 0 Å². The number of aliphatic hydroxyl groups is 1. The Labute approximate surface area is 127 Å². The minimum Gasteiger partial charge on any atom is -0.394 e. The Bertz CT molecular complexity index is 484. The molecule has 1 aromatic rings. The number of anilines is 1. The highest BCUT2D eigenvalue weighted by Gasteiger charge is 2.32. The average Bonchev–Trinajstić information content (AvgIpc) is 2.77. The molecule has 1 aliphatic rings. The van der Waals surface area contributed by atoms with Gasteiger partial charge in [-0.25, -0.2) is 4.39 Å². The Morgan fingerprint density at radius 1 is 1.38 bits per heavy atom. The summed E-state index contributed by atoms with van der Waals surface area (Å²) < 4.78 is 14.3. The van der Waals surface area contributed by atoms with Gasteiger partial charge in [0.25, 0.3) is 0 Å². The molecule has 4 heteroatoms. The van der Waals surface area contributed by atoms with Gasteiger partial charge in [0.2, 0.25) is 0 Å². The molecule has 1 aromatic carbocycles. The Balaban J connectivity index is 2.29. The van der Waals surface area contributed by atoms with Crippen molar-refractivity contribution in [2.45, 2.75) is 52.2 Å². The zero-order valence-electron chi connectivity index (χ0n) is 13.5. The SMILES string of the molecule is CC1CCN(c2cccc(F)c2CNC(C)(C)C)C1CO. The molecule has 118 valence electrons. The van der Waals surface area contributed by atoms with Crippen LogP contribution in [0.4, 0.5) is 10.1 Å². The van der Waals surface area contributed by atoms with Crippen LogP contribution in [0.5, 0.6) is 0 Å². The minimum absolute atomic E-state index is 0.0613. The van der Waals surface area contributed by atoms with Crippen molar-refractivity contribution in [3.05, 3.63) is 29.6 Å². The molecule has 0 radical (unpaired) electrons. The van der Waals surface area contributed by atoms with Crippen molar-refractivity contribution in [1.29, 1.82) is 0 Å². The van der Waals surface area contributed by atoms with E-state index in [-0.39, 0.29) is 24.0 Å². The highest BCUT2D eigenvalue weighted by atomic mass is 19.1. The zero-order valence-corrected chi connectivity index (χ0v) is 13.5. The standard InChI is InChI=1S/C17H27FN2O/c1-12-8-9-20(16(12)11-21)15-7-5-6-14(18)13(15)10-19-17(2,3)4/h5-7,12,16,19,21H,8-11H2,1-4H3. The van der Waals surface area contributed by atoms with Crippen molar-refractivity contribution in [1.82, 2.24) is 5.32 Å². The maximum absolute atomic E-state index is 14.3. The number of nitrogens with one attached hydrogen (secondary N) is 1. The maximum atomic E-state index is 14.3. The Morgan fingerprint density at radius 2 is 2.10 bits per heavy atom. The summed E-state index contributed by atoms with van der Waals surface area (Å²) in [6.07, 6.45) is 1.04. The van der Waals surface area contributed by atoms with Crippen LogP contribution in [0.2, 0.25) is 0 Å². The van der Waals surface area contributed by atoms with Crippen molar-refractivity contribution >= 4 is 5.69 Å². The lowest BCUT2D eigenvalue weighted by Gasteiger charge is -2.30. The highest BCUT2D eigenvalue weighted by molar-refractivity contribution is 5.56. The Kier molecular flexibility index (Phi) is 4.89. The van der Waals surface area contributed by atoms with E-state index in [0.29, 0.717) is 18.0 Å². The van der Waals surface area contributed by atoms with Crippen LogP contribution in [-0.4, -0.2) is 29.8 Å². The van der Waals surface area contributed by atoms with Gasteiger partial charge in [0, 0.05) is 29.9 Å². The Morgan fingerprint density at radius 3 is 2.71 bits per heavy atom. The van der Waals surface area contributed by atoms with Crippen molar-refractivity contribution in [2.75, 3.05) is 18.1 Å². The predicted molar refractivity (Wildman–Crippen MR) is 85.0 cm³/mol. The van der Waals surface area contributed by atoms with Gasteiger partial charge < -0.3 is 15.3 Å². The first-order valence-electron chi connectivity index (χ1n) is 7.73. The summed E-state index contributed by atoms with van der Waals surface area (Å²) in [5.41, 5.74) is 1.55. The fraction of sp³-hybridized carbons (Fsp3) is 0.647. The third-order valence-electron chi connectivity index (χ3n) is 4.27. The van der Waals surface area contributed by atoms with E-state index in [1.54, 1.807) is 6.07 Å². The third-order valence-corrected chi connectivity index (χ3v) is 4.27. The molecule has 1 saturated heterocycles. The van der Waals surface area contributed by atoms with Gasteiger partial charge in [-0.1, -0.05) is 13.0 Å². The van der Waals surface area contributed by atoms with E-state index in [1.165, 1.54) is 6.07 Å². The first kappa shape index (κ1) is 16.2. The summed E-state index contributed by atoms with van der Waals surface area (Å²) in [7, 11) is 0. The van der Waals surface area contributed by atoms with E-state index >= 15 is 0 Å². The molecule has 1 heterocycles. The molecule has 1 aliphatic heterocycles. The van der Waals surface area contributed by atoms with E-state index in [1.807, 2.05) is 6.07 Å². The van der Waals surface area contributed by atoms with Gasteiger partial charge in [-0.2, -0.15) is 0 Å². The fourth-order valence-corrected chi connectivity index (χ4v) is 2.93. The molecule has 3 nitrogen and oxygen atoms in total. The molecule has 2 rings (SSSR count). The van der Waals surface area contributed by atoms with Crippen LogP contribution in [0.1, 0.15) is 39.7 Å². The summed E-state index contributed by atoms with van der Waals surface area (Å²) in [5.74, 6) is 0.252. The molecule has 2 unspecified atom stereocenters. The van der Waals surface area contributed by atoms with Crippen molar-refractivity contribution < 1.29 is 9.50 Å². The molecular weight excluding hydrogens is 267 g/mol. The lowest BCUT2D eigenvalue weighted by atomic mass is 10.0. The van der Waals surface area contributed by atoms with Crippen LogP contribution >= 0.6 is 0 Å². The van der Waals surface area contributed by atoms with Crippen LogP contribution in [0, 0.1) is 11.7 Å². The van der Waals surface area contributed by atoms with Crippen LogP contribution in [0.15, 0.2) is 18.2 Å². The van der Waals surface area contributed by atoms with Crippen LogP contribution in [0.25, 0.3) is 0 Å². The molecule has 0 spiro atoms. The molecule has 0 aliphatic carbocycles. The van der Waals surface area contributed by atoms with Gasteiger partial charge >= 0.3 is 0 Å². The van der Waals surface area contributed by atoms with Gasteiger partial charge in [-0.3, -0.25) is 0 Å². The van der Waals surface area contributed by atoms with Crippen molar-refractivity contribution in [3.63, 3.8) is 0 Å². The number of aliphatic hydroxyl groups excluding tert-OH is 1. The van der Waals surface area contributed by atoms with E-state index < -0.39 is 0 Å². The molecule has 1 fully saturated rings. The summed E-state index contributed by atoms with van der Waals surface area (Å²) in [6, 6.07) is 5.31. The number of halogens is 1. The number of nitrogens with zero attached hydrogens (tertiary/aromatic N) is 1. The van der Waals surface area contributed by atoms with E-state index in [9.17, 15) is 9.50 Å². The van der Waals surface area contributed by atoms with Gasteiger partial charge in [-0.05, 0) is 45.2 Å². The molecule has 0 amide bonds. The molecule has 0 aromatic heterocycles. The highest BCUT2D eigenvalue weighted by Crippen LogP contribution is 2.33. The van der Waals surface area contributed by atoms with Gasteiger partial charge in [0.15, 0.2) is 0 Å². The topological polar surface area (TPSA) is 35.5 Å². The molecule has 21 heavy (non-hydrogen) atoms. The third kappa shape index (κ3) is 3.74. The Hall–Kier alpha value is -1.13.